The summed E-state index contributed by atoms with van der Waals surface area (Å²) in [6.07, 6.45) is 0. The lowest BCUT2D eigenvalue weighted by Crippen LogP contribution is -2.30. The Kier molecular flexibility index (Phi) is 4.15. The van der Waals surface area contributed by atoms with Crippen LogP contribution in [0.25, 0.3) is 0 Å². The van der Waals surface area contributed by atoms with Gasteiger partial charge in [0, 0.05) is 38.7 Å². The van der Waals surface area contributed by atoms with E-state index in [2.05, 4.69) is 36.1 Å². The van der Waals surface area contributed by atoms with Crippen molar-refractivity contribution in [2.24, 2.45) is 5.73 Å². The molecule has 1 aliphatic rings. The van der Waals surface area contributed by atoms with Gasteiger partial charge in [-0.25, -0.2) is 0 Å². The Morgan fingerprint density at radius 3 is 2.94 bits per heavy atom. The van der Waals surface area contributed by atoms with Gasteiger partial charge in [-0.1, -0.05) is 29.8 Å². The van der Waals surface area contributed by atoms with E-state index < -0.39 is 0 Å². The largest absolute Gasteiger partial charge is 0.383 e. The first-order chi connectivity index (χ1) is 8.20. The Balaban J connectivity index is 2.02. The molecule has 0 spiro atoms. The first kappa shape index (κ1) is 12.6. The van der Waals surface area contributed by atoms with Crippen LogP contribution in [0.15, 0.2) is 24.3 Å². The van der Waals surface area contributed by atoms with Gasteiger partial charge in [-0.3, -0.25) is 4.90 Å². The van der Waals surface area contributed by atoms with Crippen molar-refractivity contribution in [3.63, 3.8) is 0 Å². The average Bonchev–Trinajstić information content (AvgIpc) is 2.68. The molecule has 1 heterocycles. The minimum Gasteiger partial charge on any atom is -0.383 e. The lowest BCUT2D eigenvalue weighted by Gasteiger charge is -2.16. The highest BCUT2D eigenvalue weighted by atomic mass is 16.5. The molecule has 3 heteroatoms. The third kappa shape index (κ3) is 3.06. The van der Waals surface area contributed by atoms with Gasteiger partial charge in [0.2, 0.25) is 0 Å². The molecule has 0 saturated carbocycles. The highest BCUT2D eigenvalue weighted by Gasteiger charge is 2.30. The third-order valence-electron chi connectivity index (χ3n) is 3.52. The second-order valence-electron chi connectivity index (χ2n) is 4.94. The smallest absolute Gasteiger partial charge is 0.0589 e. The molecular formula is C14H22N2O. The molecule has 0 aromatic heterocycles. The van der Waals surface area contributed by atoms with E-state index >= 15 is 0 Å². The van der Waals surface area contributed by atoms with Gasteiger partial charge >= 0.3 is 0 Å². The van der Waals surface area contributed by atoms with Crippen molar-refractivity contribution in [1.82, 2.24) is 4.90 Å². The second-order valence-corrected chi connectivity index (χ2v) is 4.94. The minimum absolute atomic E-state index is 0.244. The Bertz CT molecular complexity index is 367. The molecule has 2 rings (SSSR count). The van der Waals surface area contributed by atoms with Crippen LogP contribution in [0.1, 0.15) is 17.0 Å². The zero-order valence-electron chi connectivity index (χ0n) is 10.7. The van der Waals surface area contributed by atoms with Gasteiger partial charge in [-0.05, 0) is 12.5 Å². The molecule has 2 atom stereocenters. The summed E-state index contributed by atoms with van der Waals surface area (Å²) in [7, 11) is 1.74. The van der Waals surface area contributed by atoms with Crippen molar-refractivity contribution in [1.29, 1.82) is 0 Å². The van der Waals surface area contributed by atoms with E-state index in [1.165, 1.54) is 11.1 Å². The fraction of sp³-hybridized carbons (Fsp3) is 0.571. The van der Waals surface area contributed by atoms with Crippen LogP contribution in [-0.2, 0) is 4.74 Å². The molecule has 0 unspecified atom stereocenters. The molecule has 1 fully saturated rings. The van der Waals surface area contributed by atoms with Crippen LogP contribution in [0.4, 0.5) is 0 Å². The number of nitrogens with zero attached hydrogens (tertiary/aromatic N) is 1. The van der Waals surface area contributed by atoms with Crippen LogP contribution >= 0.6 is 0 Å². The molecule has 1 aromatic rings. The fourth-order valence-corrected chi connectivity index (χ4v) is 2.57. The molecular weight excluding hydrogens is 212 g/mol. The number of aryl methyl sites for hydroxylation is 1. The van der Waals surface area contributed by atoms with Gasteiger partial charge in [0.05, 0.1) is 6.61 Å². The number of hydrogen-bond acceptors (Lipinski definition) is 3. The highest BCUT2D eigenvalue weighted by molar-refractivity contribution is 5.28. The second kappa shape index (κ2) is 5.63. The average molecular weight is 234 g/mol. The topological polar surface area (TPSA) is 38.5 Å². The van der Waals surface area contributed by atoms with Crippen LogP contribution in [0.5, 0.6) is 0 Å². The number of likely N-dealkylation sites (tertiary alicyclic amines) is 1. The predicted octanol–water partition coefficient (Wildman–Crippen LogP) is 1.37. The summed E-state index contributed by atoms with van der Waals surface area (Å²) >= 11 is 0. The zero-order chi connectivity index (χ0) is 12.3. The van der Waals surface area contributed by atoms with Crippen LogP contribution in [-0.4, -0.2) is 44.3 Å². The number of nitrogens with two attached hydrogens (primary N) is 1. The quantitative estimate of drug-likeness (QED) is 0.855. The van der Waals surface area contributed by atoms with Gasteiger partial charge in [0.15, 0.2) is 0 Å². The molecule has 1 aromatic carbocycles. The van der Waals surface area contributed by atoms with E-state index in [-0.39, 0.29) is 6.04 Å². The molecule has 1 saturated heterocycles. The number of benzene rings is 1. The maximum Gasteiger partial charge on any atom is 0.0589 e. The summed E-state index contributed by atoms with van der Waals surface area (Å²) in [5.41, 5.74) is 8.92. The van der Waals surface area contributed by atoms with E-state index in [1.54, 1.807) is 7.11 Å². The Hall–Kier alpha value is -0.900. The first-order valence-electron chi connectivity index (χ1n) is 6.24. The van der Waals surface area contributed by atoms with E-state index in [1.807, 2.05) is 0 Å². The number of hydrogen-bond donors (Lipinski definition) is 1. The van der Waals surface area contributed by atoms with Crippen LogP contribution in [0.2, 0.25) is 0 Å². The van der Waals surface area contributed by atoms with Gasteiger partial charge in [0.1, 0.15) is 0 Å². The van der Waals surface area contributed by atoms with E-state index in [9.17, 15) is 0 Å². The summed E-state index contributed by atoms with van der Waals surface area (Å²) in [6.45, 7) is 5.92. The maximum atomic E-state index is 6.24. The van der Waals surface area contributed by atoms with Gasteiger partial charge in [0.25, 0.3) is 0 Å². The Labute approximate surface area is 104 Å². The minimum atomic E-state index is 0.244. The monoisotopic (exact) mass is 234 g/mol. The maximum absolute atomic E-state index is 6.24. The van der Waals surface area contributed by atoms with Crippen molar-refractivity contribution in [2.45, 2.75) is 18.9 Å². The van der Waals surface area contributed by atoms with Gasteiger partial charge in [-0.2, -0.15) is 0 Å². The molecule has 94 valence electrons. The van der Waals surface area contributed by atoms with Crippen molar-refractivity contribution < 1.29 is 4.74 Å². The first-order valence-corrected chi connectivity index (χ1v) is 6.24. The SMILES string of the molecule is COCCN1C[C@@H](N)[C@H](c2cccc(C)c2)C1. The summed E-state index contributed by atoms with van der Waals surface area (Å²) in [6, 6.07) is 8.94. The molecule has 2 N–H and O–H groups in total. The van der Waals surface area contributed by atoms with Crippen molar-refractivity contribution >= 4 is 0 Å². The molecule has 0 radical (unpaired) electrons. The fourth-order valence-electron chi connectivity index (χ4n) is 2.57. The van der Waals surface area contributed by atoms with Crippen LogP contribution in [0.3, 0.4) is 0 Å². The van der Waals surface area contributed by atoms with E-state index in [0.717, 1.165) is 26.2 Å². The van der Waals surface area contributed by atoms with Crippen LogP contribution < -0.4 is 5.73 Å². The molecule has 3 nitrogen and oxygen atoms in total. The van der Waals surface area contributed by atoms with Gasteiger partial charge in [-0.15, -0.1) is 0 Å². The Morgan fingerprint density at radius 2 is 2.24 bits per heavy atom. The summed E-state index contributed by atoms with van der Waals surface area (Å²) in [4.78, 5) is 2.39. The Morgan fingerprint density at radius 1 is 1.41 bits per heavy atom. The predicted molar refractivity (Wildman–Crippen MR) is 70.2 cm³/mol. The van der Waals surface area contributed by atoms with Crippen LogP contribution in [0, 0.1) is 6.92 Å². The number of rotatable bonds is 4. The van der Waals surface area contributed by atoms with Gasteiger partial charge < -0.3 is 10.5 Å². The molecule has 0 amide bonds. The van der Waals surface area contributed by atoms with E-state index in [0.29, 0.717) is 5.92 Å². The molecule has 0 bridgehead atoms. The number of ether oxygens (including phenoxy) is 1. The standard InChI is InChI=1S/C14H22N2O/c1-11-4-3-5-12(8-11)13-9-16(6-7-17-2)10-14(13)15/h3-5,8,13-14H,6-7,9-10,15H2,1-2H3/t13-,14+/m0/s1. The summed E-state index contributed by atoms with van der Waals surface area (Å²) < 4.78 is 5.12. The third-order valence-corrected chi connectivity index (χ3v) is 3.52. The molecule has 1 aliphatic heterocycles. The molecule has 0 aliphatic carbocycles. The zero-order valence-corrected chi connectivity index (χ0v) is 10.7. The number of methoxy groups -OCH3 is 1. The van der Waals surface area contributed by atoms with Crippen molar-refractivity contribution in [3.05, 3.63) is 35.4 Å². The van der Waals surface area contributed by atoms with E-state index in [4.69, 9.17) is 10.5 Å². The summed E-state index contributed by atoms with van der Waals surface area (Å²) in [5.74, 6) is 0.465. The van der Waals surface area contributed by atoms with Crippen molar-refractivity contribution in [3.8, 4) is 0 Å². The highest BCUT2D eigenvalue weighted by Crippen LogP contribution is 2.26. The van der Waals surface area contributed by atoms with Crippen molar-refractivity contribution in [2.75, 3.05) is 33.4 Å². The summed E-state index contributed by atoms with van der Waals surface area (Å²) in [5, 5.41) is 0. The lowest BCUT2D eigenvalue weighted by atomic mass is 9.94. The lowest BCUT2D eigenvalue weighted by molar-refractivity contribution is 0.160. The molecule has 17 heavy (non-hydrogen) atoms. The normalized spacial score (nSPS) is 25.4.